The summed E-state index contributed by atoms with van der Waals surface area (Å²) in [7, 11) is -4.04. The summed E-state index contributed by atoms with van der Waals surface area (Å²) in [6.07, 6.45) is 0.240. The van der Waals surface area contributed by atoms with Crippen molar-refractivity contribution in [1.29, 1.82) is 0 Å². The molecular weight excluding hydrogens is 483 g/mol. The molecule has 0 N–H and O–H groups in total. The van der Waals surface area contributed by atoms with Crippen molar-refractivity contribution >= 4 is 38.3 Å². The molecule has 0 radical (unpaired) electrons. The molecule has 2 atom stereocenters. The Morgan fingerprint density at radius 1 is 1.15 bits per heavy atom. The molecule has 0 unspecified atom stereocenters. The summed E-state index contributed by atoms with van der Waals surface area (Å²) in [6, 6.07) is 14.6. The van der Waals surface area contributed by atoms with E-state index in [1.807, 2.05) is 30.3 Å². The average Bonchev–Trinajstić information content (AvgIpc) is 2.69. The Balaban J connectivity index is 1.99. The number of nitrogens with zero attached hydrogens (tertiary/aromatic N) is 2. The Morgan fingerprint density at radius 3 is 2.48 bits per heavy atom. The predicted molar refractivity (Wildman–Crippen MR) is 110 cm³/mol. The third-order valence-corrected chi connectivity index (χ3v) is 7.40. The maximum Gasteiger partial charge on any atom is 0.289 e. The van der Waals surface area contributed by atoms with E-state index in [-0.39, 0.29) is 24.2 Å². The maximum absolute atomic E-state index is 13.3. The highest BCUT2D eigenvalue weighted by atomic mass is 127. The molecule has 27 heavy (non-hydrogen) atoms. The molecule has 0 spiro atoms. The number of hydrogen-bond acceptors (Lipinski definition) is 5. The van der Waals surface area contributed by atoms with Crippen molar-refractivity contribution in [3.63, 3.8) is 0 Å². The lowest BCUT2D eigenvalue weighted by Gasteiger charge is -2.38. The Morgan fingerprint density at radius 2 is 1.81 bits per heavy atom. The number of alkyl halides is 1. The lowest BCUT2D eigenvalue weighted by molar-refractivity contribution is -0.387. The molecule has 1 aliphatic heterocycles. The number of halogens is 1. The van der Waals surface area contributed by atoms with Gasteiger partial charge in [0.2, 0.25) is 10.0 Å². The fraction of sp³-hybridized carbons (Fsp3) is 0.333. The maximum atomic E-state index is 13.3. The lowest BCUT2D eigenvalue weighted by Crippen LogP contribution is -2.53. The molecule has 7 nitrogen and oxygen atoms in total. The molecule has 2 aromatic rings. The largest absolute Gasteiger partial charge is 0.374 e. The van der Waals surface area contributed by atoms with E-state index in [0.29, 0.717) is 10.8 Å². The zero-order valence-electron chi connectivity index (χ0n) is 14.4. The van der Waals surface area contributed by atoms with E-state index < -0.39 is 26.7 Å². The molecule has 1 fully saturated rings. The number of nitro benzene ring substituents is 1. The Bertz CT molecular complexity index is 907. The molecule has 2 aromatic carbocycles. The van der Waals surface area contributed by atoms with Crippen molar-refractivity contribution < 1.29 is 18.1 Å². The summed E-state index contributed by atoms with van der Waals surface area (Å²) < 4.78 is 34.5. The third-order valence-electron chi connectivity index (χ3n) is 4.45. The summed E-state index contributed by atoms with van der Waals surface area (Å²) in [5, 5.41) is 11.3. The zero-order valence-corrected chi connectivity index (χ0v) is 17.4. The number of benzene rings is 2. The van der Waals surface area contributed by atoms with Gasteiger partial charge in [0.1, 0.15) is 0 Å². The van der Waals surface area contributed by atoms with Gasteiger partial charge >= 0.3 is 0 Å². The molecule has 0 bridgehead atoms. The Kier molecular flexibility index (Phi) is 6.45. The predicted octanol–water partition coefficient (Wildman–Crippen LogP) is 3.03. The van der Waals surface area contributed by atoms with Crippen LogP contribution in [0.3, 0.4) is 0 Å². The molecule has 9 heteroatoms. The van der Waals surface area contributed by atoms with Crippen LogP contribution in [0.2, 0.25) is 0 Å². The van der Waals surface area contributed by atoms with Gasteiger partial charge in [-0.15, -0.1) is 0 Å². The first kappa shape index (κ1) is 20.2. The second-order valence-electron chi connectivity index (χ2n) is 6.25. The van der Waals surface area contributed by atoms with E-state index in [9.17, 15) is 18.5 Å². The summed E-state index contributed by atoms with van der Waals surface area (Å²) in [5.41, 5.74) is 0.579. The van der Waals surface area contributed by atoms with Gasteiger partial charge in [-0.1, -0.05) is 65.1 Å². The molecule has 0 aromatic heterocycles. The quantitative estimate of drug-likeness (QED) is 0.262. The summed E-state index contributed by atoms with van der Waals surface area (Å²) in [4.78, 5) is 10.4. The average molecular weight is 502 g/mol. The standard InChI is InChI=1S/C18H19IN2O5S/c19-11-16-12-20(15(13-26-16)10-14-6-2-1-3-7-14)27(24,25)18-9-5-4-8-17(18)21(22)23/h1-9,15-16H,10-13H2/t15-,16+/m0/s1. The minimum Gasteiger partial charge on any atom is -0.374 e. The first-order chi connectivity index (χ1) is 12.9. The van der Waals surface area contributed by atoms with E-state index in [4.69, 9.17) is 4.74 Å². The number of sulfonamides is 1. The van der Waals surface area contributed by atoms with Crippen LogP contribution < -0.4 is 0 Å². The van der Waals surface area contributed by atoms with Crippen LogP contribution >= 0.6 is 22.6 Å². The molecule has 0 amide bonds. The number of rotatable bonds is 6. The molecule has 0 aliphatic carbocycles. The van der Waals surface area contributed by atoms with Crippen molar-refractivity contribution in [2.75, 3.05) is 17.6 Å². The molecule has 3 rings (SSSR count). The fourth-order valence-electron chi connectivity index (χ4n) is 3.12. The molecule has 0 saturated carbocycles. The van der Waals surface area contributed by atoms with Crippen LogP contribution in [0.1, 0.15) is 5.56 Å². The minimum absolute atomic E-state index is 0.175. The van der Waals surface area contributed by atoms with Gasteiger partial charge in [-0.2, -0.15) is 4.31 Å². The van der Waals surface area contributed by atoms with Crippen LogP contribution in [0.25, 0.3) is 0 Å². The molecule has 1 aliphatic rings. The van der Waals surface area contributed by atoms with Crippen LogP contribution in [0.15, 0.2) is 59.5 Å². The highest BCUT2D eigenvalue weighted by Gasteiger charge is 2.40. The van der Waals surface area contributed by atoms with Crippen LogP contribution in [-0.4, -0.2) is 47.4 Å². The van der Waals surface area contributed by atoms with Gasteiger partial charge in [-0.25, -0.2) is 8.42 Å². The van der Waals surface area contributed by atoms with Gasteiger partial charge in [0.25, 0.3) is 5.69 Å². The summed E-state index contributed by atoms with van der Waals surface area (Å²) >= 11 is 2.15. The lowest BCUT2D eigenvalue weighted by atomic mass is 10.1. The highest BCUT2D eigenvalue weighted by molar-refractivity contribution is 14.1. The zero-order chi connectivity index (χ0) is 19.4. The van der Waals surface area contributed by atoms with Crippen LogP contribution in [0.4, 0.5) is 5.69 Å². The summed E-state index contributed by atoms with van der Waals surface area (Å²) in [6.45, 7) is 0.428. The van der Waals surface area contributed by atoms with Crippen molar-refractivity contribution in [1.82, 2.24) is 4.31 Å². The van der Waals surface area contributed by atoms with E-state index in [1.165, 1.54) is 28.6 Å². The summed E-state index contributed by atoms with van der Waals surface area (Å²) in [5.74, 6) is 0. The monoisotopic (exact) mass is 502 g/mol. The van der Waals surface area contributed by atoms with Crippen molar-refractivity contribution in [2.45, 2.75) is 23.5 Å². The van der Waals surface area contributed by atoms with Crippen LogP contribution in [0.5, 0.6) is 0 Å². The molecule has 1 saturated heterocycles. The van der Waals surface area contributed by atoms with Gasteiger partial charge in [0.15, 0.2) is 4.90 Å². The van der Waals surface area contributed by atoms with Crippen LogP contribution in [0, 0.1) is 10.1 Å². The topological polar surface area (TPSA) is 89.8 Å². The van der Waals surface area contributed by atoms with E-state index in [2.05, 4.69) is 22.6 Å². The number of para-hydroxylation sites is 1. The first-order valence-electron chi connectivity index (χ1n) is 8.40. The van der Waals surface area contributed by atoms with Gasteiger partial charge in [-0.3, -0.25) is 10.1 Å². The van der Waals surface area contributed by atoms with E-state index in [1.54, 1.807) is 0 Å². The number of hydrogen-bond donors (Lipinski definition) is 0. The smallest absolute Gasteiger partial charge is 0.289 e. The van der Waals surface area contributed by atoms with Gasteiger partial charge in [0, 0.05) is 17.0 Å². The Labute approximate surface area is 171 Å². The van der Waals surface area contributed by atoms with E-state index in [0.717, 1.165) is 5.56 Å². The van der Waals surface area contributed by atoms with E-state index >= 15 is 0 Å². The number of nitro groups is 1. The Hall–Kier alpha value is -1.56. The van der Waals surface area contributed by atoms with Gasteiger partial charge < -0.3 is 4.74 Å². The van der Waals surface area contributed by atoms with Crippen molar-refractivity contribution in [3.05, 3.63) is 70.3 Å². The number of ether oxygens (including phenoxy) is 1. The second-order valence-corrected chi connectivity index (χ2v) is 8.99. The highest BCUT2D eigenvalue weighted by Crippen LogP contribution is 2.30. The molecular formula is C18H19IN2O5S. The minimum atomic E-state index is -4.04. The van der Waals surface area contributed by atoms with Crippen LogP contribution in [-0.2, 0) is 21.2 Å². The second kappa shape index (κ2) is 8.63. The van der Waals surface area contributed by atoms with Crippen molar-refractivity contribution in [3.8, 4) is 0 Å². The SMILES string of the molecule is O=[N+]([O-])c1ccccc1S(=O)(=O)N1C[C@@H](CI)OC[C@@H]1Cc1ccccc1. The third kappa shape index (κ3) is 4.48. The molecule has 1 heterocycles. The number of morpholine rings is 1. The van der Waals surface area contributed by atoms with Crippen molar-refractivity contribution in [2.24, 2.45) is 0 Å². The first-order valence-corrected chi connectivity index (χ1v) is 11.4. The molecule has 144 valence electrons. The van der Waals surface area contributed by atoms with Gasteiger partial charge in [-0.05, 0) is 18.1 Å². The normalized spacial score (nSPS) is 21.1. The fourth-order valence-corrected chi connectivity index (χ4v) is 5.45. The van der Waals surface area contributed by atoms with Gasteiger partial charge in [0.05, 0.1) is 23.7 Å².